The molecule has 1 N–H and O–H groups in total. The normalized spacial score (nSPS) is 13.1. The minimum absolute atomic E-state index is 0.0138. The van der Waals surface area contributed by atoms with E-state index in [2.05, 4.69) is 5.32 Å². The van der Waals surface area contributed by atoms with E-state index in [1.807, 2.05) is 37.3 Å². The quantitative estimate of drug-likeness (QED) is 0.862. The van der Waals surface area contributed by atoms with E-state index in [-0.39, 0.29) is 11.8 Å². The first-order valence-corrected chi connectivity index (χ1v) is 7.31. The van der Waals surface area contributed by atoms with Gasteiger partial charge in [0.25, 0.3) is 0 Å². The molecule has 0 saturated carbocycles. The lowest BCUT2D eigenvalue weighted by Crippen LogP contribution is -2.32. The maximum absolute atomic E-state index is 11.5. The molecule has 0 unspecified atom stereocenters. The second kappa shape index (κ2) is 5.82. The molecule has 0 aliphatic heterocycles. The van der Waals surface area contributed by atoms with Gasteiger partial charge in [-0.25, -0.2) is 8.42 Å². The predicted octanol–water partition coefficient (Wildman–Crippen LogP) is 1.30. The van der Waals surface area contributed by atoms with Crippen LogP contribution in [0.15, 0.2) is 30.3 Å². The average Bonchev–Trinajstić information content (AvgIpc) is 2.29. The van der Waals surface area contributed by atoms with Gasteiger partial charge in [-0.3, -0.25) is 4.79 Å². The molecule has 0 saturated heterocycles. The van der Waals surface area contributed by atoms with Gasteiger partial charge in [-0.2, -0.15) is 0 Å². The van der Waals surface area contributed by atoms with Crippen molar-refractivity contribution in [1.29, 1.82) is 0 Å². The van der Waals surface area contributed by atoms with Crippen LogP contribution < -0.4 is 5.32 Å². The average molecular weight is 255 g/mol. The predicted molar refractivity (Wildman–Crippen MR) is 67.3 cm³/mol. The lowest BCUT2D eigenvalue weighted by molar-refractivity contribution is -0.119. The zero-order valence-electron chi connectivity index (χ0n) is 10.0. The first-order valence-electron chi connectivity index (χ1n) is 5.49. The third-order valence-electron chi connectivity index (χ3n) is 2.47. The van der Waals surface area contributed by atoms with Crippen LogP contribution in [-0.4, -0.2) is 25.8 Å². The van der Waals surface area contributed by atoms with Crippen molar-refractivity contribution < 1.29 is 13.2 Å². The number of nitrogens with one attached hydrogen (secondary N) is 1. The van der Waals surface area contributed by atoms with Gasteiger partial charge >= 0.3 is 0 Å². The summed E-state index contributed by atoms with van der Waals surface area (Å²) in [4.78, 5) is 11.5. The second-order valence-corrected chi connectivity index (χ2v) is 6.23. The van der Waals surface area contributed by atoms with Crippen LogP contribution in [0.1, 0.15) is 25.5 Å². The van der Waals surface area contributed by atoms with Gasteiger partial charge in [-0.1, -0.05) is 37.3 Å². The van der Waals surface area contributed by atoms with Crippen molar-refractivity contribution in [3.05, 3.63) is 35.9 Å². The number of amides is 1. The van der Waals surface area contributed by atoms with E-state index in [4.69, 9.17) is 0 Å². The molecule has 94 valence electrons. The van der Waals surface area contributed by atoms with E-state index in [0.29, 0.717) is 0 Å². The van der Waals surface area contributed by atoms with Crippen molar-refractivity contribution in [3.8, 4) is 0 Å². The molecule has 1 amide bonds. The molecule has 0 radical (unpaired) electrons. The van der Waals surface area contributed by atoms with Crippen LogP contribution in [0.2, 0.25) is 0 Å². The first kappa shape index (κ1) is 13.7. The Labute approximate surface area is 102 Å². The summed E-state index contributed by atoms with van der Waals surface area (Å²) in [7, 11) is -3.26. The molecule has 0 aromatic heterocycles. The van der Waals surface area contributed by atoms with Crippen molar-refractivity contribution in [1.82, 2.24) is 5.32 Å². The van der Waals surface area contributed by atoms with Crippen LogP contribution in [0.5, 0.6) is 0 Å². The third kappa shape index (κ3) is 4.56. The summed E-state index contributed by atoms with van der Waals surface area (Å²) in [6.07, 6.45) is 0. The van der Waals surface area contributed by atoms with E-state index >= 15 is 0 Å². The van der Waals surface area contributed by atoms with Crippen LogP contribution in [0.3, 0.4) is 0 Å². The Morgan fingerprint density at radius 3 is 2.41 bits per heavy atom. The molecule has 1 aromatic rings. The largest absolute Gasteiger partial charge is 0.349 e. The van der Waals surface area contributed by atoms with Gasteiger partial charge in [0.15, 0.2) is 9.84 Å². The molecule has 1 aromatic carbocycles. The minimum Gasteiger partial charge on any atom is -0.349 e. The van der Waals surface area contributed by atoms with Crippen LogP contribution in [-0.2, 0) is 14.6 Å². The van der Waals surface area contributed by atoms with E-state index < -0.39 is 21.5 Å². The number of hydrogen-bond acceptors (Lipinski definition) is 3. The topological polar surface area (TPSA) is 63.2 Å². The first-order chi connectivity index (χ1) is 7.94. The van der Waals surface area contributed by atoms with Crippen molar-refractivity contribution in [2.24, 2.45) is 0 Å². The molecule has 5 heteroatoms. The van der Waals surface area contributed by atoms with Gasteiger partial charge < -0.3 is 5.32 Å². The Hall–Kier alpha value is -1.36. The number of benzene rings is 1. The van der Waals surface area contributed by atoms with Gasteiger partial charge in [0.1, 0.15) is 5.75 Å². The molecule has 17 heavy (non-hydrogen) atoms. The van der Waals surface area contributed by atoms with Gasteiger partial charge in [-0.15, -0.1) is 0 Å². The zero-order chi connectivity index (χ0) is 12.9. The monoisotopic (exact) mass is 255 g/mol. The molecule has 0 heterocycles. The highest BCUT2D eigenvalue weighted by Gasteiger charge is 2.16. The Morgan fingerprint density at radius 1 is 1.29 bits per heavy atom. The fourth-order valence-electron chi connectivity index (χ4n) is 1.41. The molecular formula is C12H17NO3S. The molecule has 0 bridgehead atoms. The zero-order valence-corrected chi connectivity index (χ0v) is 10.8. The van der Waals surface area contributed by atoms with Crippen molar-refractivity contribution in [2.45, 2.75) is 19.9 Å². The molecule has 1 atom stereocenters. The van der Waals surface area contributed by atoms with Crippen LogP contribution in [0, 0.1) is 0 Å². The smallest absolute Gasteiger partial charge is 0.235 e. The van der Waals surface area contributed by atoms with E-state index in [1.165, 1.54) is 6.92 Å². The molecule has 0 aliphatic rings. The Kier molecular flexibility index (Phi) is 4.69. The van der Waals surface area contributed by atoms with Crippen LogP contribution >= 0.6 is 0 Å². The molecule has 1 rings (SSSR count). The van der Waals surface area contributed by atoms with Crippen molar-refractivity contribution >= 4 is 15.7 Å². The Balaban J connectivity index is 2.59. The van der Waals surface area contributed by atoms with E-state index in [1.54, 1.807) is 0 Å². The summed E-state index contributed by atoms with van der Waals surface area (Å²) in [5, 5.41) is 2.67. The number of rotatable bonds is 5. The van der Waals surface area contributed by atoms with Gasteiger partial charge in [0, 0.05) is 5.75 Å². The lowest BCUT2D eigenvalue weighted by atomic mass is 10.1. The highest BCUT2D eigenvalue weighted by Crippen LogP contribution is 2.10. The Morgan fingerprint density at radius 2 is 1.88 bits per heavy atom. The number of carbonyl (C=O) groups excluding carboxylic acids is 1. The van der Waals surface area contributed by atoms with Crippen LogP contribution in [0.25, 0.3) is 0 Å². The summed E-state index contributed by atoms with van der Waals surface area (Å²) in [5.74, 6) is -0.913. The Bertz CT molecular complexity index is 468. The van der Waals surface area contributed by atoms with Gasteiger partial charge in [0.2, 0.25) is 5.91 Å². The molecule has 4 nitrogen and oxygen atoms in total. The van der Waals surface area contributed by atoms with Gasteiger partial charge in [-0.05, 0) is 12.5 Å². The number of sulfone groups is 1. The summed E-state index contributed by atoms with van der Waals surface area (Å²) < 4.78 is 22.5. The van der Waals surface area contributed by atoms with E-state index in [0.717, 1.165) is 5.56 Å². The molecule has 0 fully saturated rings. The fraction of sp³-hybridized carbons (Fsp3) is 0.417. The lowest BCUT2D eigenvalue weighted by Gasteiger charge is -2.14. The SMILES string of the molecule is CCS(=O)(=O)CC(=O)N[C@@H](C)c1ccccc1. The number of carbonyl (C=O) groups is 1. The van der Waals surface area contributed by atoms with E-state index in [9.17, 15) is 13.2 Å². The summed E-state index contributed by atoms with van der Waals surface area (Å²) in [6, 6.07) is 9.23. The molecular weight excluding hydrogens is 238 g/mol. The van der Waals surface area contributed by atoms with Gasteiger partial charge in [0.05, 0.1) is 6.04 Å². The molecule has 0 spiro atoms. The van der Waals surface area contributed by atoms with Crippen LogP contribution in [0.4, 0.5) is 0 Å². The third-order valence-corrected chi connectivity index (χ3v) is 4.05. The second-order valence-electron chi connectivity index (χ2n) is 3.88. The standard InChI is InChI=1S/C12H17NO3S/c1-3-17(15,16)9-12(14)13-10(2)11-7-5-4-6-8-11/h4-8,10H,3,9H2,1-2H3,(H,13,14)/t10-/m0/s1. The summed E-state index contributed by atoms with van der Waals surface area (Å²) in [6.45, 7) is 3.36. The maximum Gasteiger partial charge on any atom is 0.235 e. The van der Waals surface area contributed by atoms with Crippen molar-refractivity contribution in [3.63, 3.8) is 0 Å². The summed E-state index contributed by atoms with van der Waals surface area (Å²) in [5.41, 5.74) is 0.953. The number of hydrogen-bond donors (Lipinski definition) is 1. The summed E-state index contributed by atoms with van der Waals surface area (Å²) >= 11 is 0. The minimum atomic E-state index is -3.26. The molecule has 0 aliphatic carbocycles. The highest BCUT2D eigenvalue weighted by molar-refractivity contribution is 7.92. The fourth-order valence-corrected chi connectivity index (χ4v) is 2.10. The highest BCUT2D eigenvalue weighted by atomic mass is 32.2. The maximum atomic E-state index is 11.5. The van der Waals surface area contributed by atoms with Crippen molar-refractivity contribution in [2.75, 3.05) is 11.5 Å².